The third-order valence-corrected chi connectivity index (χ3v) is 4.67. The highest BCUT2D eigenvalue weighted by atomic mass is 16.2. The highest BCUT2D eigenvalue weighted by Gasteiger charge is 2.49. The number of ketones is 1. The Labute approximate surface area is 120 Å². The van der Waals surface area contributed by atoms with Crippen molar-refractivity contribution < 1.29 is 9.59 Å². The van der Waals surface area contributed by atoms with Gasteiger partial charge in [-0.25, -0.2) is 0 Å². The lowest BCUT2D eigenvalue weighted by atomic mass is 9.86. The molecule has 2 fully saturated rings. The van der Waals surface area contributed by atoms with Gasteiger partial charge < -0.3 is 4.90 Å². The van der Waals surface area contributed by atoms with E-state index in [2.05, 4.69) is 12.1 Å². The molecule has 0 aliphatic carbocycles. The minimum absolute atomic E-state index is 0.0229. The van der Waals surface area contributed by atoms with E-state index in [1.807, 2.05) is 25.7 Å². The molecule has 1 amide bonds. The van der Waals surface area contributed by atoms with Crippen molar-refractivity contribution in [2.75, 3.05) is 6.54 Å². The zero-order chi connectivity index (χ0) is 14.4. The number of piperidine rings is 1. The predicted molar refractivity (Wildman–Crippen MR) is 77.8 cm³/mol. The van der Waals surface area contributed by atoms with Crippen LogP contribution in [0.3, 0.4) is 0 Å². The minimum atomic E-state index is -0.557. The van der Waals surface area contributed by atoms with Crippen molar-refractivity contribution in [2.45, 2.75) is 52.0 Å². The standard InChI is InChI=1S/C17H21NO2/c1-10-8-11(2)14(12(3)9-10)15-16(19)13-6-4-5-7-18(13)17(15)20/h8-9,13,15H,4-7H2,1-3H3. The number of amides is 1. The van der Waals surface area contributed by atoms with E-state index in [4.69, 9.17) is 0 Å². The fourth-order valence-corrected chi connectivity index (χ4v) is 3.88. The molecule has 0 saturated carbocycles. The van der Waals surface area contributed by atoms with Gasteiger partial charge in [0.2, 0.25) is 5.91 Å². The van der Waals surface area contributed by atoms with Gasteiger partial charge in [-0.1, -0.05) is 17.7 Å². The Kier molecular flexibility index (Phi) is 3.15. The number of carbonyl (C=O) groups is 2. The normalized spacial score (nSPS) is 26.1. The van der Waals surface area contributed by atoms with E-state index in [-0.39, 0.29) is 17.7 Å². The maximum absolute atomic E-state index is 12.7. The van der Waals surface area contributed by atoms with Crippen molar-refractivity contribution in [2.24, 2.45) is 0 Å². The summed E-state index contributed by atoms with van der Waals surface area (Å²) >= 11 is 0. The van der Waals surface area contributed by atoms with Gasteiger partial charge in [-0.2, -0.15) is 0 Å². The number of benzene rings is 1. The van der Waals surface area contributed by atoms with Crippen molar-refractivity contribution >= 4 is 11.7 Å². The summed E-state index contributed by atoms with van der Waals surface area (Å²) in [5.41, 5.74) is 4.25. The number of aryl methyl sites for hydroxylation is 3. The predicted octanol–water partition coefficient (Wildman–Crippen LogP) is 2.66. The summed E-state index contributed by atoms with van der Waals surface area (Å²) in [6.45, 7) is 6.81. The Hall–Kier alpha value is -1.64. The molecule has 2 aliphatic heterocycles. The number of Topliss-reactive ketones (excluding diaryl/α,β-unsaturated/α-hetero) is 1. The number of fused-ring (bicyclic) bond motifs is 1. The van der Waals surface area contributed by atoms with Crippen LogP contribution in [-0.4, -0.2) is 29.2 Å². The molecule has 0 bridgehead atoms. The molecule has 1 aromatic carbocycles. The molecular weight excluding hydrogens is 250 g/mol. The van der Waals surface area contributed by atoms with Crippen LogP contribution in [0.2, 0.25) is 0 Å². The molecule has 3 rings (SSSR count). The monoisotopic (exact) mass is 271 g/mol. The first-order chi connectivity index (χ1) is 9.50. The van der Waals surface area contributed by atoms with E-state index in [9.17, 15) is 9.59 Å². The molecule has 1 aromatic rings. The Morgan fingerprint density at radius 2 is 1.70 bits per heavy atom. The topological polar surface area (TPSA) is 37.4 Å². The molecule has 2 saturated heterocycles. The van der Waals surface area contributed by atoms with Gasteiger partial charge in [-0.15, -0.1) is 0 Å². The van der Waals surface area contributed by atoms with E-state index in [1.54, 1.807) is 0 Å². The van der Waals surface area contributed by atoms with Gasteiger partial charge in [-0.3, -0.25) is 9.59 Å². The van der Waals surface area contributed by atoms with E-state index < -0.39 is 5.92 Å². The molecule has 0 spiro atoms. The first kappa shape index (κ1) is 13.3. The summed E-state index contributed by atoms with van der Waals surface area (Å²) in [7, 11) is 0. The fourth-order valence-electron chi connectivity index (χ4n) is 3.88. The molecule has 0 radical (unpaired) electrons. The highest BCUT2D eigenvalue weighted by Crippen LogP contribution is 2.37. The van der Waals surface area contributed by atoms with Gasteiger partial charge in [0.1, 0.15) is 5.92 Å². The van der Waals surface area contributed by atoms with Crippen LogP contribution in [0.1, 0.15) is 47.4 Å². The molecule has 0 N–H and O–H groups in total. The van der Waals surface area contributed by atoms with Gasteiger partial charge in [0.25, 0.3) is 0 Å². The summed E-state index contributed by atoms with van der Waals surface area (Å²) in [6, 6.07) is 3.97. The Morgan fingerprint density at radius 3 is 2.30 bits per heavy atom. The van der Waals surface area contributed by atoms with Crippen LogP contribution in [0.5, 0.6) is 0 Å². The molecule has 2 atom stereocenters. The number of carbonyl (C=O) groups excluding carboxylic acids is 2. The van der Waals surface area contributed by atoms with Crippen LogP contribution in [0.25, 0.3) is 0 Å². The number of nitrogens with zero attached hydrogens (tertiary/aromatic N) is 1. The number of hydrogen-bond donors (Lipinski definition) is 0. The molecule has 2 unspecified atom stereocenters. The molecule has 3 heteroatoms. The second-order valence-electron chi connectivity index (χ2n) is 6.19. The lowest BCUT2D eigenvalue weighted by Crippen LogP contribution is -2.39. The maximum atomic E-state index is 12.7. The van der Waals surface area contributed by atoms with Gasteiger partial charge >= 0.3 is 0 Å². The third kappa shape index (κ3) is 1.88. The van der Waals surface area contributed by atoms with Crippen LogP contribution in [0.4, 0.5) is 0 Å². The van der Waals surface area contributed by atoms with Crippen LogP contribution in [0, 0.1) is 20.8 Å². The first-order valence-corrected chi connectivity index (χ1v) is 7.42. The lowest BCUT2D eigenvalue weighted by molar-refractivity contribution is -0.130. The van der Waals surface area contributed by atoms with Crippen molar-refractivity contribution in [3.8, 4) is 0 Å². The summed E-state index contributed by atoms with van der Waals surface area (Å²) in [6.07, 6.45) is 2.91. The number of hydrogen-bond acceptors (Lipinski definition) is 2. The molecule has 106 valence electrons. The lowest BCUT2D eigenvalue weighted by Gasteiger charge is -2.27. The van der Waals surface area contributed by atoms with Gasteiger partial charge in [0.05, 0.1) is 6.04 Å². The van der Waals surface area contributed by atoms with Crippen LogP contribution >= 0.6 is 0 Å². The molecule has 2 heterocycles. The van der Waals surface area contributed by atoms with Crippen LogP contribution < -0.4 is 0 Å². The van der Waals surface area contributed by atoms with E-state index in [0.717, 1.165) is 42.5 Å². The summed E-state index contributed by atoms with van der Waals surface area (Å²) in [5.74, 6) is -0.418. The quantitative estimate of drug-likeness (QED) is 0.736. The zero-order valence-corrected chi connectivity index (χ0v) is 12.4. The second kappa shape index (κ2) is 4.72. The summed E-state index contributed by atoms with van der Waals surface area (Å²) in [4.78, 5) is 27.1. The van der Waals surface area contributed by atoms with Crippen molar-refractivity contribution in [3.63, 3.8) is 0 Å². The zero-order valence-electron chi connectivity index (χ0n) is 12.4. The minimum Gasteiger partial charge on any atom is -0.332 e. The van der Waals surface area contributed by atoms with E-state index >= 15 is 0 Å². The summed E-state index contributed by atoms with van der Waals surface area (Å²) < 4.78 is 0. The first-order valence-electron chi connectivity index (χ1n) is 7.42. The highest BCUT2D eigenvalue weighted by molar-refractivity contribution is 6.15. The second-order valence-corrected chi connectivity index (χ2v) is 6.19. The maximum Gasteiger partial charge on any atom is 0.238 e. The van der Waals surface area contributed by atoms with E-state index in [0.29, 0.717) is 0 Å². The Balaban J connectivity index is 2.06. The molecular formula is C17H21NO2. The smallest absolute Gasteiger partial charge is 0.238 e. The van der Waals surface area contributed by atoms with Gasteiger partial charge in [0, 0.05) is 6.54 Å². The summed E-state index contributed by atoms with van der Waals surface area (Å²) in [5, 5.41) is 0. The van der Waals surface area contributed by atoms with Crippen molar-refractivity contribution in [3.05, 3.63) is 34.4 Å². The molecule has 2 aliphatic rings. The fraction of sp³-hybridized carbons (Fsp3) is 0.529. The van der Waals surface area contributed by atoms with Gasteiger partial charge in [-0.05, 0) is 56.7 Å². The van der Waals surface area contributed by atoms with Gasteiger partial charge in [0.15, 0.2) is 5.78 Å². The number of rotatable bonds is 1. The average Bonchev–Trinajstić information content (AvgIpc) is 2.64. The third-order valence-electron chi connectivity index (χ3n) is 4.67. The van der Waals surface area contributed by atoms with Crippen molar-refractivity contribution in [1.82, 2.24) is 4.90 Å². The SMILES string of the molecule is Cc1cc(C)c(C2C(=O)C3CCCCN3C2=O)c(C)c1. The Bertz CT molecular complexity index is 544. The molecule has 3 nitrogen and oxygen atoms in total. The average molecular weight is 271 g/mol. The van der Waals surface area contributed by atoms with Crippen LogP contribution in [0.15, 0.2) is 12.1 Å². The Morgan fingerprint density at radius 1 is 1.05 bits per heavy atom. The van der Waals surface area contributed by atoms with E-state index in [1.165, 1.54) is 5.56 Å². The van der Waals surface area contributed by atoms with Crippen LogP contribution in [-0.2, 0) is 9.59 Å². The van der Waals surface area contributed by atoms with Crippen molar-refractivity contribution in [1.29, 1.82) is 0 Å². The largest absolute Gasteiger partial charge is 0.332 e. The molecule has 20 heavy (non-hydrogen) atoms. The molecule has 0 aromatic heterocycles.